The normalized spacial score (nSPS) is 10.8. The van der Waals surface area contributed by atoms with Gasteiger partial charge in [0.25, 0.3) is 0 Å². The summed E-state index contributed by atoms with van der Waals surface area (Å²) in [6.07, 6.45) is 0.207. The molecule has 6 N–H and O–H groups in total. The zero-order chi connectivity index (χ0) is 20.2. The van der Waals surface area contributed by atoms with Crippen LogP contribution >= 0.6 is 12.4 Å². The quantitative estimate of drug-likeness (QED) is 0.281. The summed E-state index contributed by atoms with van der Waals surface area (Å²) < 4.78 is 5.21. The Hall–Kier alpha value is -3.26. The molecular weight excluding hydrogens is 394 g/mol. The molecule has 29 heavy (non-hydrogen) atoms. The molecule has 2 aromatic carbocycles. The lowest BCUT2D eigenvalue weighted by molar-refractivity contribution is -0.118. The van der Waals surface area contributed by atoms with E-state index in [0.29, 0.717) is 25.1 Å². The zero-order valence-corrected chi connectivity index (χ0v) is 16.7. The molecule has 0 aliphatic carbocycles. The first-order valence-electron chi connectivity index (χ1n) is 8.93. The molecule has 2 aromatic rings. The number of nitrogens with two attached hydrogens (primary N) is 2. The molecule has 9 heteroatoms. The number of amides is 2. The maximum atomic E-state index is 12.6. The Morgan fingerprint density at radius 2 is 1.62 bits per heavy atom. The number of anilines is 1. The first kappa shape index (κ1) is 23.8. The number of nitrogens with zero attached hydrogens (tertiary/aromatic N) is 1. The average Bonchev–Trinajstić information content (AvgIpc) is 2.70. The van der Waals surface area contributed by atoms with Crippen molar-refractivity contribution in [3.05, 3.63) is 66.2 Å². The largest absolute Gasteiger partial charge is 0.445 e. The fraction of sp³-hybridized carbons (Fsp3) is 0.250. The van der Waals surface area contributed by atoms with Gasteiger partial charge < -0.3 is 26.8 Å². The zero-order valence-electron chi connectivity index (χ0n) is 15.9. The van der Waals surface area contributed by atoms with Crippen molar-refractivity contribution in [2.75, 3.05) is 11.9 Å². The topological polar surface area (TPSA) is 132 Å². The summed E-state index contributed by atoms with van der Waals surface area (Å²) in [7, 11) is 0. The van der Waals surface area contributed by atoms with E-state index in [2.05, 4.69) is 15.6 Å². The molecule has 0 saturated carbocycles. The van der Waals surface area contributed by atoms with E-state index in [1.165, 1.54) is 0 Å². The second-order valence-electron chi connectivity index (χ2n) is 6.06. The molecule has 156 valence electrons. The third kappa shape index (κ3) is 9.48. The van der Waals surface area contributed by atoms with Crippen LogP contribution in [0.5, 0.6) is 0 Å². The van der Waals surface area contributed by atoms with Gasteiger partial charge in [0.05, 0.1) is 0 Å². The summed E-state index contributed by atoms with van der Waals surface area (Å²) in [6.45, 7) is 0.478. The number of halogens is 1. The van der Waals surface area contributed by atoms with Gasteiger partial charge in [0.15, 0.2) is 5.96 Å². The Morgan fingerprint density at radius 1 is 1.00 bits per heavy atom. The minimum absolute atomic E-state index is 0. The Labute approximate surface area is 176 Å². The van der Waals surface area contributed by atoms with Crippen LogP contribution in [0.2, 0.25) is 0 Å². The smallest absolute Gasteiger partial charge is 0.408 e. The molecule has 2 amide bonds. The number of carbonyl (C=O) groups is 2. The van der Waals surface area contributed by atoms with Crippen LogP contribution in [0.25, 0.3) is 0 Å². The van der Waals surface area contributed by atoms with Crippen LogP contribution in [0.1, 0.15) is 18.4 Å². The van der Waals surface area contributed by atoms with E-state index < -0.39 is 12.1 Å². The van der Waals surface area contributed by atoms with Gasteiger partial charge in [-0.15, -0.1) is 12.4 Å². The highest BCUT2D eigenvalue weighted by molar-refractivity contribution is 5.96. The molecule has 0 heterocycles. The van der Waals surface area contributed by atoms with Gasteiger partial charge in [0.1, 0.15) is 12.6 Å². The standard InChI is InChI=1S/C20H25N5O3.ClH/c21-19(22)23-13-7-12-17(18(26)24-16-10-5-2-6-11-16)25-20(27)28-14-15-8-3-1-4-9-15;/h1-6,8-11,17H,7,12-14H2,(H,24,26)(H,25,27)(H4,21,22,23);1H/t17-;/m0./s1. The molecule has 8 nitrogen and oxygen atoms in total. The SMILES string of the molecule is Cl.NC(N)=NCCC[C@H](NC(=O)OCc1ccccc1)C(=O)Nc1ccccc1. The van der Waals surface area contributed by atoms with E-state index in [9.17, 15) is 9.59 Å². The lowest BCUT2D eigenvalue weighted by atomic mass is 10.1. The molecule has 0 bridgehead atoms. The van der Waals surface area contributed by atoms with Crippen LogP contribution in [-0.2, 0) is 16.1 Å². The Morgan fingerprint density at radius 3 is 2.24 bits per heavy atom. The van der Waals surface area contributed by atoms with E-state index in [1.54, 1.807) is 12.1 Å². The van der Waals surface area contributed by atoms with Crippen molar-refractivity contribution in [1.29, 1.82) is 0 Å². The van der Waals surface area contributed by atoms with Gasteiger partial charge in [-0.25, -0.2) is 4.79 Å². The Kier molecular flexibility index (Phi) is 10.7. The number of rotatable bonds is 9. The molecule has 0 aliphatic heterocycles. The van der Waals surface area contributed by atoms with Crippen molar-refractivity contribution in [2.24, 2.45) is 16.5 Å². The number of hydrogen-bond donors (Lipinski definition) is 4. The fourth-order valence-electron chi connectivity index (χ4n) is 2.43. The number of nitrogens with one attached hydrogen (secondary N) is 2. The van der Waals surface area contributed by atoms with E-state index in [0.717, 1.165) is 5.56 Å². The first-order valence-corrected chi connectivity index (χ1v) is 8.93. The second-order valence-corrected chi connectivity index (χ2v) is 6.06. The van der Waals surface area contributed by atoms with Crippen molar-refractivity contribution in [3.8, 4) is 0 Å². The highest BCUT2D eigenvalue weighted by Gasteiger charge is 2.21. The summed E-state index contributed by atoms with van der Waals surface area (Å²) in [5, 5.41) is 5.39. The lowest BCUT2D eigenvalue weighted by Gasteiger charge is -2.18. The minimum atomic E-state index is -0.780. The van der Waals surface area contributed by atoms with Crippen molar-refractivity contribution in [2.45, 2.75) is 25.5 Å². The molecule has 0 saturated heterocycles. The van der Waals surface area contributed by atoms with E-state index in [-0.39, 0.29) is 30.9 Å². The number of guanidine groups is 1. The second kappa shape index (κ2) is 13.0. The van der Waals surface area contributed by atoms with Gasteiger partial charge in [0.2, 0.25) is 5.91 Å². The molecule has 0 aliphatic rings. The third-order valence-electron chi connectivity index (χ3n) is 3.81. The molecular formula is C20H26ClN5O3. The number of carbonyl (C=O) groups excluding carboxylic acids is 2. The highest BCUT2D eigenvalue weighted by atomic mass is 35.5. The average molecular weight is 420 g/mol. The van der Waals surface area contributed by atoms with Crippen LogP contribution in [0.3, 0.4) is 0 Å². The van der Waals surface area contributed by atoms with Crippen LogP contribution in [0.4, 0.5) is 10.5 Å². The predicted octanol–water partition coefficient (Wildman–Crippen LogP) is 2.40. The monoisotopic (exact) mass is 419 g/mol. The third-order valence-corrected chi connectivity index (χ3v) is 3.81. The van der Waals surface area contributed by atoms with Crippen LogP contribution in [0.15, 0.2) is 65.7 Å². The Bertz CT molecular complexity index is 783. The van der Waals surface area contributed by atoms with Crippen LogP contribution in [-0.4, -0.2) is 30.5 Å². The molecule has 0 unspecified atom stereocenters. The molecule has 1 atom stereocenters. The molecule has 0 fully saturated rings. The number of ether oxygens (including phenoxy) is 1. The van der Waals surface area contributed by atoms with Crippen LogP contribution in [0, 0.1) is 0 Å². The van der Waals surface area contributed by atoms with Gasteiger partial charge in [-0.05, 0) is 30.5 Å². The van der Waals surface area contributed by atoms with Gasteiger partial charge in [-0.1, -0.05) is 48.5 Å². The maximum absolute atomic E-state index is 12.6. The summed E-state index contributed by atoms with van der Waals surface area (Å²) in [4.78, 5) is 28.6. The van der Waals surface area contributed by atoms with Crippen molar-refractivity contribution in [3.63, 3.8) is 0 Å². The minimum Gasteiger partial charge on any atom is -0.445 e. The highest BCUT2D eigenvalue weighted by Crippen LogP contribution is 2.08. The number of aliphatic imine (C=N–C) groups is 1. The number of hydrogen-bond acceptors (Lipinski definition) is 4. The number of para-hydroxylation sites is 1. The number of alkyl carbamates (subject to hydrolysis) is 1. The van der Waals surface area contributed by atoms with Crippen molar-refractivity contribution >= 4 is 36.1 Å². The van der Waals surface area contributed by atoms with Gasteiger partial charge in [-0.2, -0.15) is 0 Å². The molecule has 0 radical (unpaired) electrons. The summed E-state index contributed by atoms with van der Waals surface area (Å²) in [5.41, 5.74) is 12.1. The molecule has 0 aromatic heterocycles. The summed E-state index contributed by atoms with van der Waals surface area (Å²) >= 11 is 0. The van der Waals surface area contributed by atoms with E-state index >= 15 is 0 Å². The maximum Gasteiger partial charge on any atom is 0.408 e. The van der Waals surface area contributed by atoms with Gasteiger partial charge in [-0.3, -0.25) is 9.79 Å². The van der Waals surface area contributed by atoms with Gasteiger partial charge >= 0.3 is 6.09 Å². The summed E-state index contributed by atoms with van der Waals surface area (Å²) in [6, 6.07) is 17.5. The van der Waals surface area contributed by atoms with Gasteiger partial charge in [0, 0.05) is 12.2 Å². The first-order chi connectivity index (χ1) is 13.5. The molecule has 0 spiro atoms. The van der Waals surface area contributed by atoms with E-state index in [1.807, 2.05) is 48.5 Å². The lowest BCUT2D eigenvalue weighted by Crippen LogP contribution is -2.44. The fourth-order valence-corrected chi connectivity index (χ4v) is 2.43. The molecule has 2 rings (SSSR count). The van der Waals surface area contributed by atoms with Crippen molar-refractivity contribution in [1.82, 2.24) is 5.32 Å². The van der Waals surface area contributed by atoms with Crippen LogP contribution < -0.4 is 22.1 Å². The van der Waals surface area contributed by atoms with Crippen molar-refractivity contribution < 1.29 is 14.3 Å². The van der Waals surface area contributed by atoms with E-state index in [4.69, 9.17) is 16.2 Å². The number of benzene rings is 2. The summed E-state index contributed by atoms with van der Waals surface area (Å²) in [5.74, 6) is -0.354. The predicted molar refractivity (Wildman–Crippen MR) is 116 cm³/mol. The Balaban J connectivity index is 0.00000420.